The Labute approximate surface area is 90.1 Å². The van der Waals surface area contributed by atoms with Crippen molar-refractivity contribution in [2.45, 2.75) is 6.61 Å². The SMILES string of the molecule is Fc1cccc(OC(F)F)c1C=CCCl. The van der Waals surface area contributed by atoms with Crippen LogP contribution in [0.25, 0.3) is 6.08 Å². The topological polar surface area (TPSA) is 9.23 Å². The van der Waals surface area contributed by atoms with E-state index in [4.69, 9.17) is 11.6 Å². The summed E-state index contributed by atoms with van der Waals surface area (Å²) in [5.41, 5.74) is -0.0292. The maximum Gasteiger partial charge on any atom is 0.387 e. The standard InChI is InChI=1S/C10H8ClF3O/c11-6-2-3-7-8(12)4-1-5-9(7)15-10(13)14/h1-5,10H,6H2. The van der Waals surface area contributed by atoms with E-state index in [-0.39, 0.29) is 17.2 Å². The van der Waals surface area contributed by atoms with Crippen LogP contribution in [0.15, 0.2) is 24.3 Å². The van der Waals surface area contributed by atoms with Gasteiger partial charge in [-0.1, -0.05) is 18.2 Å². The van der Waals surface area contributed by atoms with Crippen LogP contribution in [-0.2, 0) is 0 Å². The second-order valence-corrected chi connectivity index (χ2v) is 2.90. The zero-order chi connectivity index (χ0) is 11.3. The van der Waals surface area contributed by atoms with Gasteiger partial charge in [-0.15, -0.1) is 11.6 Å². The smallest absolute Gasteiger partial charge is 0.387 e. The quantitative estimate of drug-likeness (QED) is 0.725. The van der Waals surface area contributed by atoms with Crippen LogP contribution in [0.1, 0.15) is 5.56 Å². The van der Waals surface area contributed by atoms with Gasteiger partial charge in [0.15, 0.2) is 0 Å². The van der Waals surface area contributed by atoms with Gasteiger partial charge in [0, 0.05) is 5.88 Å². The molecule has 82 valence electrons. The van der Waals surface area contributed by atoms with Crippen LogP contribution in [-0.4, -0.2) is 12.5 Å². The Hall–Kier alpha value is -1.16. The van der Waals surface area contributed by atoms with Crippen LogP contribution >= 0.6 is 11.6 Å². The summed E-state index contributed by atoms with van der Waals surface area (Å²) in [5, 5.41) is 0. The van der Waals surface area contributed by atoms with Gasteiger partial charge in [0.2, 0.25) is 0 Å². The Morgan fingerprint density at radius 3 is 2.73 bits per heavy atom. The van der Waals surface area contributed by atoms with E-state index < -0.39 is 12.4 Å². The van der Waals surface area contributed by atoms with E-state index in [0.29, 0.717) is 0 Å². The van der Waals surface area contributed by atoms with Crippen molar-refractivity contribution in [3.05, 3.63) is 35.7 Å². The molecule has 0 amide bonds. The Balaban J connectivity index is 3.02. The van der Waals surface area contributed by atoms with Gasteiger partial charge in [-0.05, 0) is 12.1 Å². The molecular weight excluding hydrogens is 229 g/mol. The molecule has 0 unspecified atom stereocenters. The fraction of sp³-hybridized carbons (Fsp3) is 0.200. The van der Waals surface area contributed by atoms with Crippen LogP contribution in [0.5, 0.6) is 5.75 Å². The molecule has 0 spiro atoms. The van der Waals surface area contributed by atoms with Crippen molar-refractivity contribution in [2.75, 3.05) is 5.88 Å². The zero-order valence-electron chi connectivity index (χ0n) is 7.59. The number of hydrogen-bond donors (Lipinski definition) is 0. The number of hydrogen-bond acceptors (Lipinski definition) is 1. The van der Waals surface area contributed by atoms with Crippen LogP contribution in [0.3, 0.4) is 0 Å². The van der Waals surface area contributed by atoms with Gasteiger partial charge in [0.25, 0.3) is 0 Å². The lowest BCUT2D eigenvalue weighted by atomic mass is 10.2. The molecule has 0 saturated heterocycles. The molecule has 5 heteroatoms. The lowest BCUT2D eigenvalue weighted by Crippen LogP contribution is -2.04. The molecule has 0 atom stereocenters. The van der Waals surface area contributed by atoms with E-state index in [9.17, 15) is 13.2 Å². The number of allylic oxidation sites excluding steroid dienone is 1. The third-order valence-corrected chi connectivity index (χ3v) is 1.78. The first kappa shape index (κ1) is 11.9. The van der Waals surface area contributed by atoms with E-state index in [1.165, 1.54) is 24.3 Å². The second-order valence-electron chi connectivity index (χ2n) is 2.59. The third-order valence-electron chi connectivity index (χ3n) is 1.60. The maximum absolute atomic E-state index is 13.2. The highest BCUT2D eigenvalue weighted by atomic mass is 35.5. The number of benzene rings is 1. The summed E-state index contributed by atoms with van der Waals surface area (Å²) in [4.78, 5) is 0. The predicted molar refractivity (Wildman–Crippen MR) is 52.8 cm³/mol. The maximum atomic E-state index is 13.2. The van der Waals surface area contributed by atoms with Crippen molar-refractivity contribution in [1.29, 1.82) is 0 Å². The molecule has 0 heterocycles. The number of alkyl halides is 3. The van der Waals surface area contributed by atoms with E-state index in [0.717, 1.165) is 6.07 Å². The first-order valence-corrected chi connectivity index (χ1v) is 4.64. The summed E-state index contributed by atoms with van der Waals surface area (Å²) in [6, 6.07) is 3.72. The fourth-order valence-electron chi connectivity index (χ4n) is 1.04. The van der Waals surface area contributed by atoms with Gasteiger partial charge in [-0.3, -0.25) is 0 Å². The van der Waals surface area contributed by atoms with Gasteiger partial charge in [-0.25, -0.2) is 4.39 Å². The van der Waals surface area contributed by atoms with Crippen LogP contribution in [0, 0.1) is 5.82 Å². The first-order chi connectivity index (χ1) is 7.15. The minimum Gasteiger partial charge on any atom is -0.434 e. The Morgan fingerprint density at radius 1 is 1.40 bits per heavy atom. The molecule has 0 radical (unpaired) electrons. The summed E-state index contributed by atoms with van der Waals surface area (Å²) < 4.78 is 41.3. The summed E-state index contributed by atoms with van der Waals surface area (Å²) in [6.45, 7) is -2.98. The fourth-order valence-corrected chi connectivity index (χ4v) is 1.13. The summed E-state index contributed by atoms with van der Waals surface area (Å²) in [5.74, 6) is -0.663. The van der Waals surface area contributed by atoms with E-state index in [2.05, 4.69) is 4.74 Å². The van der Waals surface area contributed by atoms with Crippen molar-refractivity contribution >= 4 is 17.7 Å². The molecule has 1 nitrogen and oxygen atoms in total. The molecular formula is C10H8ClF3O. The second kappa shape index (κ2) is 5.66. The molecule has 15 heavy (non-hydrogen) atoms. The molecule has 0 aliphatic rings. The summed E-state index contributed by atoms with van der Waals surface area (Å²) in [7, 11) is 0. The Bertz CT molecular complexity index is 353. The molecule has 0 aliphatic heterocycles. The van der Waals surface area contributed by atoms with Crippen LogP contribution in [0.4, 0.5) is 13.2 Å². The van der Waals surface area contributed by atoms with Crippen molar-refractivity contribution in [2.24, 2.45) is 0 Å². The molecule has 0 saturated carbocycles. The van der Waals surface area contributed by atoms with Crippen LogP contribution < -0.4 is 4.74 Å². The van der Waals surface area contributed by atoms with E-state index in [1.807, 2.05) is 0 Å². The average Bonchev–Trinajstić information content (AvgIpc) is 2.16. The lowest BCUT2D eigenvalue weighted by Gasteiger charge is -2.08. The van der Waals surface area contributed by atoms with Crippen molar-refractivity contribution in [3.8, 4) is 5.75 Å². The Morgan fingerprint density at radius 2 is 2.13 bits per heavy atom. The first-order valence-electron chi connectivity index (χ1n) is 4.11. The van der Waals surface area contributed by atoms with Gasteiger partial charge >= 0.3 is 6.61 Å². The normalized spacial score (nSPS) is 11.3. The van der Waals surface area contributed by atoms with Crippen molar-refractivity contribution < 1.29 is 17.9 Å². The molecule has 0 fully saturated rings. The van der Waals surface area contributed by atoms with Crippen molar-refractivity contribution in [3.63, 3.8) is 0 Å². The molecule has 0 aliphatic carbocycles. The Kier molecular flexibility index (Phi) is 4.49. The monoisotopic (exact) mass is 236 g/mol. The van der Waals surface area contributed by atoms with Gasteiger partial charge in [0.1, 0.15) is 11.6 Å². The van der Waals surface area contributed by atoms with Gasteiger partial charge in [-0.2, -0.15) is 8.78 Å². The number of halogens is 4. The van der Waals surface area contributed by atoms with Crippen molar-refractivity contribution in [1.82, 2.24) is 0 Å². The average molecular weight is 237 g/mol. The largest absolute Gasteiger partial charge is 0.434 e. The zero-order valence-corrected chi connectivity index (χ0v) is 8.35. The summed E-state index contributed by atoms with van der Waals surface area (Å²) in [6.07, 6.45) is 2.75. The summed E-state index contributed by atoms with van der Waals surface area (Å²) >= 11 is 5.36. The van der Waals surface area contributed by atoms with Gasteiger partial charge < -0.3 is 4.74 Å². The highest BCUT2D eigenvalue weighted by Crippen LogP contribution is 2.24. The number of ether oxygens (including phenoxy) is 1. The van der Waals surface area contributed by atoms with E-state index in [1.54, 1.807) is 0 Å². The van der Waals surface area contributed by atoms with Gasteiger partial charge in [0.05, 0.1) is 5.56 Å². The molecule has 1 aromatic carbocycles. The van der Waals surface area contributed by atoms with E-state index >= 15 is 0 Å². The highest BCUT2D eigenvalue weighted by Gasteiger charge is 2.10. The number of rotatable bonds is 4. The predicted octanol–water partition coefficient (Wildman–Crippen LogP) is 3.68. The molecule has 0 bridgehead atoms. The molecule has 1 aromatic rings. The highest BCUT2D eigenvalue weighted by molar-refractivity contribution is 6.19. The minimum absolute atomic E-state index is 0.0292. The third kappa shape index (κ3) is 3.47. The minimum atomic E-state index is -2.98. The van der Waals surface area contributed by atoms with Crippen LogP contribution in [0.2, 0.25) is 0 Å². The molecule has 0 N–H and O–H groups in total. The molecule has 0 aromatic heterocycles. The molecule has 1 rings (SSSR count). The lowest BCUT2D eigenvalue weighted by molar-refractivity contribution is -0.0501.